The Morgan fingerprint density at radius 1 is 1.23 bits per heavy atom. The number of nitrogens with zero attached hydrogens (tertiary/aromatic N) is 2. The van der Waals surface area contributed by atoms with E-state index in [0.29, 0.717) is 0 Å². The monoisotopic (exact) mass is 299 g/mol. The predicted octanol–water partition coefficient (Wildman–Crippen LogP) is 3.97. The molecule has 2 aromatic rings. The quantitative estimate of drug-likeness (QED) is 0.912. The van der Waals surface area contributed by atoms with Gasteiger partial charge >= 0.3 is 6.03 Å². The number of urea groups is 1. The van der Waals surface area contributed by atoms with Crippen LogP contribution >= 0.6 is 0 Å². The van der Waals surface area contributed by atoms with E-state index < -0.39 is 0 Å². The van der Waals surface area contributed by atoms with Gasteiger partial charge in [-0.15, -0.1) is 0 Å². The van der Waals surface area contributed by atoms with E-state index in [2.05, 4.69) is 16.5 Å². The third kappa shape index (κ3) is 2.98. The number of hydrogen-bond acceptors (Lipinski definition) is 3. The van der Waals surface area contributed by atoms with Crippen molar-refractivity contribution in [3.63, 3.8) is 0 Å². The van der Waals surface area contributed by atoms with Gasteiger partial charge in [-0.3, -0.25) is 0 Å². The van der Waals surface area contributed by atoms with Crippen LogP contribution in [-0.4, -0.2) is 22.6 Å². The average molecular weight is 299 g/mol. The summed E-state index contributed by atoms with van der Waals surface area (Å²) in [6.45, 7) is 6.66. The number of carbonyl (C=O) groups is 1. The lowest BCUT2D eigenvalue weighted by Gasteiger charge is -2.23. The molecule has 1 aromatic heterocycles. The average Bonchev–Trinajstić information content (AvgIpc) is 3.05. The van der Waals surface area contributed by atoms with Crippen molar-refractivity contribution in [3.05, 3.63) is 46.8 Å². The second kappa shape index (κ2) is 5.83. The lowest BCUT2D eigenvalue weighted by molar-refractivity contribution is 0.204. The van der Waals surface area contributed by atoms with Gasteiger partial charge in [0.1, 0.15) is 11.5 Å². The fourth-order valence-electron chi connectivity index (χ4n) is 3.10. The van der Waals surface area contributed by atoms with E-state index in [9.17, 15) is 4.79 Å². The Labute approximate surface area is 130 Å². The molecule has 2 amide bonds. The van der Waals surface area contributed by atoms with E-state index in [1.165, 1.54) is 0 Å². The van der Waals surface area contributed by atoms with Crippen LogP contribution in [0.3, 0.4) is 0 Å². The van der Waals surface area contributed by atoms with Gasteiger partial charge in [-0.2, -0.15) is 0 Å². The molecule has 1 atom stereocenters. The smallest absolute Gasteiger partial charge is 0.322 e. The highest BCUT2D eigenvalue weighted by Gasteiger charge is 2.32. The molecular weight excluding hydrogens is 278 g/mol. The molecule has 116 valence electrons. The molecule has 1 aliphatic rings. The molecule has 0 unspecified atom stereocenters. The first-order valence-electron chi connectivity index (χ1n) is 7.62. The first-order chi connectivity index (χ1) is 10.5. The number of aromatic nitrogens is 1. The molecule has 1 fully saturated rings. The Balaban J connectivity index is 1.76. The number of carbonyl (C=O) groups excluding carboxylic acids is 1. The maximum absolute atomic E-state index is 12.6. The summed E-state index contributed by atoms with van der Waals surface area (Å²) in [6, 6.07) is 7.89. The van der Waals surface area contributed by atoms with E-state index in [1.54, 1.807) is 0 Å². The Hall–Kier alpha value is -2.30. The maximum Gasteiger partial charge on any atom is 0.322 e. The molecule has 5 nitrogen and oxygen atoms in total. The summed E-state index contributed by atoms with van der Waals surface area (Å²) in [4.78, 5) is 14.4. The van der Waals surface area contributed by atoms with Crippen LogP contribution in [0.5, 0.6) is 0 Å². The van der Waals surface area contributed by atoms with E-state index in [0.717, 1.165) is 47.7 Å². The number of likely N-dealkylation sites (tertiary alicyclic amines) is 1. The van der Waals surface area contributed by atoms with Crippen LogP contribution in [0.4, 0.5) is 10.5 Å². The number of amides is 2. The fraction of sp³-hybridized carbons (Fsp3) is 0.412. The summed E-state index contributed by atoms with van der Waals surface area (Å²) in [6.07, 6.45) is 1.91. The molecule has 2 heterocycles. The highest BCUT2D eigenvalue weighted by Crippen LogP contribution is 2.32. The van der Waals surface area contributed by atoms with Crippen molar-refractivity contribution < 1.29 is 9.32 Å². The number of rotatable bonds is 2. The topological polar surface area (TPSA) is 58.4 Å². The SMILES string of the molecule is Cc1cc(C)cc(NC(=O)N2CCC[C@@H]2c2cc(C)on2)c1. The van der Waals surface area contributed by atoms with Crippen LogP contribution in [0, 0.1) is 20.8 Å². The zero-order valence-electron chi connectivity index (χ0n) is 13.2. The Morgan fingerprint density at radius 3 is 2.59 bits per heavy atom. The molecule has 1 N–H and O–H groups in total. The highest BCUT2D eigenvalue weighted by atomic mass is 16.5. The first kappa shape index (κ1) is 14.6. The molecular formula is C17H21N3O2. The third-order valence-electron chi connectivity index (χ3n) is 3.97. The molecule has 1 saturated heterocycles. The van der Waals surface area contributed by atoms with Crippen molar-refractivity contribution in [1.29, 1.82) is 0 Å². The number of nitrogens with one attached hydrogen (secondary N) is 1. The molecule has 5 heteroatoms. The van der Waals surface area contributed by atoms with E-state index >= 15 is 0 Å². The minimum atomic E-state index is -0.0758. The van der Waals surface area contributed by atoms with Crippen molar-refractivity contribution >= 4 is 11.7 Å². The molecule has 0 saturated carbocycles. The summed E-state index contributed by atoms with van der Waals surface area (Å²) in [7, 11) is 0. The van der Waals surface area contributed by atoms with Crippen LogP contribution in [0.15, 0.2) is 28.8 Å². The molecule has 22 heavy (non-hydrogen) atoms. The van der Waals surface area contributed by atoms with Crippen LogP contribution in [0.25, 0.3) is 0 Å². The molecule has 0 radical (unpaired) electrons. The number of aryl methyl sites for hydroxylation is 3. The van der Waals surface area contributed by atoms with Gasteiger partial charge in [0.25, 0.3) is 0 Å². The Bertz CT molecular complexity index is 673. The van der Waals surface area contributed by atoms with Gasteiger partial charge in [0.2, 0.25) is 0 Å². The normalized spacial score (nSPS) is 17.8. The Kier molecular flexibility index (Phi) is 3.88. The third-order valence-corrected chi connectivity index (χ3v) is 3.97. The lowest BCUT2D eigenvalue weighted by atomic mass is 10.1. The van der Waals surface area contributed by atoms with Gasteiger partial charge in [0, 0.05) is 18.3 Å². The summed E-state index contributed by atoms with van der Waals surface area (Å²) < 4.78 is 5.15. The number of anilines is 1. The van der Waals surface area contributed by atoms with E-state index in [1.807, 2.05) is 43.9 Å². The molecule has 0 bridgehead atoms. The van der Waals surface area contributed by atoms with Crippen molar-refractivity contribution in [2.45, 2.75) is 39.7 Å². The van der Waals surface area contributed by atoms with Crippen LogP contribution in [-0.2, 0) is 0 Å². The summed E-state index contributed by atoms with van der Waals surface area (Å²) in [5, 5.41) is 7.07. The zero-order chi connectivity index (χ0) is 15.7. The van der Waals surface area contributed by atoms with Gasteiger partial charge in [0.15, 0.2) is 0 Å². The summed E-state index contributed by atoms with van der Waals surface area (Å²) in [5.74, 6) is 0.775. The molecule has 1 aromatic carbocycles. The Morgan fingerprint density at radius 2 is 1.95 bits per heavy atom. The highest BCUT2D eigenvalue weighted by molar-refractivity contribution is 5.90. The standard InChI is InChI=1S/C17H21N3O2/c1-11-7-12(2)9-14(8-11)18-17(21)20-6-4-5-16(20)15-10-13(3)22-19-15/h7-10,16H,4-6H2,1-3H3,(H,18,21)/t16-/m1/s1. The number of benzene rings is 1. The van der Waals surface area contributed by atoms with Gasteiger partial charge < -0.3 is 14.7 Å². The van der Waals surface area contributed by atoms with Gasteiger partial charge in [-0.25, -0.2) is 4.79 Å². The van der Waals surface area contributed by atoms with Crippen molar-refractivity contribution in [2.75, 3.05) is 11.9 Å². The van der Waals surface area contributed by atoms with Gasteiger partial charge in [-0.05, 0) is 56.9 Å². The molecule has 3 rings (SSSR count). The second-order valence-corrected chi connectivity index (χ2v) is 6.02. The molecule has 0 spiro atoms. The number of hydrogen-bond donors (Lipinski definition) is 1. The maximum atomic E-state index is 12.6. The minimum absolute atomic E-state index is 0.00311. The lowest BCUT2D eigenvalue weighted by Crippen LogP contribution is -2.34. The van der Waals surface area contributed by atoms with Crippen molar-refractivity contribution in [3.8, 4) is 0 Å². The molecule has 1 aliphatic heterocycles. The van der Waals surface area contributed by atoms with Crippen molar-refractivity contribution in [2.24, 2.45) is 0 Å². The van der Waals surface area contributed by atoms with Crippen molar-refractivity contribution in [1.82, 2.24) is 10.1 Å². The summed E-state index contributed by atoms with van der Waals surface area (Å²) in [5.41, 5.74) is 3.95. The van der Waals surface area contributed by atoms with E-state index in [-0.39, 0.29) is 12.1 Å². The first-order valence-corrected chi connectivity index (χ1v) is 7.62. The van der Waals surface area contributed by atoms with Gasteiger partial charge in [-0.1, -0.05) is 11.2 Å². The summed E-state index contributed by atoms with van der Waals surface area (Å²) >= 11 is 0. The fourth-order valence-corrected chi connectivity index (χ4v) is 3.10. The van der Waals surface area contributed by atoms with Gasteiger partial charge in [0.05, 0.1) is 6.04 Å². The second-order valence-electron chi connectivity index (χ2n) is 6.02. The predicted molar refractivity (Wildman–Crippen MR) is 84.9 cm³/mol. The molecule has 0 aliphatic carbocycles. The zero-order valence-corrected chi connectivity index (χ0v) is 13.2. The largest absolute Gasteiger partial charge is 0.361 e. The van der Waals surface area contributed by atoms with Crippen LogP contribution in [0.2, 0.25) is 0 Å². The van der Waals surface area contributed by atoms with Crippen LogP contribution < -0.4 is 5.32 Å². The minimum Gasteiger partial charge on any atom is -0.361 e. The van der Waals surface area contributed by atoms with E-state index in [4.69, 9.17) is 4.52 Å². The van der Waals surface area contributed by atoms with Crippen LogP contribution in [0.1, 0.15) is 41.5 Å².